The van der Waals surface area contributed by atoms with Gasteiger partial charge in [-0.1, -0.05) is 41.5 Å². The van der Waals surface area contributed by atoms with E-state index >= 15 is 0 Å². The van der Waals surface area contributed by atoms with Crippen LogP contribution in [0.5, 0.6) is 5.75 Å². The van der Waals surface area contributed by atoms with Crippen molar-refractivity contribution in [1.29, 1.82) is 0 Å². The summed E-state index contributed by atoms with van der Waals surface area (Å²) in [4.78, 5) is 0. The second-order valence-electron chi connectivity index (χ2n) is 8.91. The number of alkyl halides is 3. The topological polar surface area (TPSA) is 44.6 Å². The Kier molecular flexibility index (Phi) is 5.83. The summed E-state index contributed by atoms with van der Waals surface area (Å²) in [6, 6.07) is 8.43. The van der Waals surface area contributed by atoms with Crippen LogP contribution in [-0.4, -0.2) is 11.3 Å². The molecule has 0 saturated carbocycles. The third-order valence-electron chi connectivity index (χ3n) is 4.37. The van der Waals surface area contributed by atoms with Crippen molar-refractivity contribution < 1.29 is 18.3 Å². The number of aromatic hydroxyl groups is 1. The number of hydrazone groups is 1. The molecule has 0 amide bonds. The largest absolute Gasteiger partial charge is 0.507 e. The number of nitrogens with one attached hydrogen (secondary N) is 1. The fraction of sp³-hybridized carbons (Fsp3) is 0.409. The lowest BCUT2D eigenvalue weighted by Gasteiger charge is -2.27. The van der Waals surface area contributed by atoms with Crippen LogP contribution in [0.4, 0.5) is 18.9 Å². The van der Waals surface area contributed by atoms with Gasteiger partial charge in [0.05, 0.1) is 17.5 Å². The molecule has 2 aromatic carbocycles. The molecule has 0 aliphatic rings. The molecule has 0 spiro atoms. The lowest BCUT2D eigenvalue weighted by Crippen LogP contribution is -2.17. The molecule has 28 heavy (non-hydrogen) atoms. The van der Waals surface area contributed by atoms with Gasteiger partial charge in [0, 0.05) is 11.1 Å². The minimum Gasteiger partial charge on any atom is -0.507 e. The number of hydrogen-bond acceptors (Lipinski definition) is 3. The zero-order chi connectivity index (χ0) is 21.3. The molecule has 2 rings (SSSR count). The monoisotopic (exact) mass is 392 g/mol. The van der Waals surface area contributed by atoms with Crippen molar-refractivity contribution in [3.63, 3.8) is 0 Å². The lowest BCUT2D eigenvalue weighted by atomic mass is 9.78. The molecule has 0 atom stereocenters. The first-order chi connectivity index (χ1) is 12.7. The standard InChI is InChI=1S/C22H27F3N2O/c1-20(2,3)17-11-14(12-18(19(17)28)21(4,5)6)13-26-27-16-9-7-15(8-10-16)22(23,24)25/h7-13,27-28H,1-6H3. The molecular weight excluding hydrogens is 365 g/mol. The molecule has 0 heterocycles. The first-order valence-corrected chi connectivity index (χ1v) is 9.04. The predicted molar refractivity (Wildman–Crippen MR) is 108 cm³/mol. The van der Waals surface area contributed by atoms with Crippen LogP contribution in [0.2, 0.25) is 0 Å². The Morgan fingerprint density at radius 1 is 0.857 bits per heavy atom. The second kappa shape index (κ2) is 7.49. The summed E-state index contributed by atoms with van der Waals surface area (Å²) < 4.78 is 37.9. The molecule has 0 aliphatic carbocycles. The molecule has 2 aromatic rings. The molecule has 0 fully saturated rings. The Morgan fingerprint density at radius 2 is 1.32 bits per heavy atom. The van der Waals surface area contributed by atoms with Gasteiger partial charge in [-0.2, -0.15) is 18.3 Å². The van der Waals surface area contributed by atoms with Gasteiger partial charge in [0.15, 0.2) is 0 Å². The van der Waals surface area contributed by atoms with Crippen molar-refractivity contribution in [2.45, 2.75) is 58.5 Å². The van der Waals surface area contributed by atoms with E-state index in [0.717, 1.165) is 28.8 Å². The Balaban J connectivity index is 2.30. The van der Waals surface area contributed by atoms with Crippen molar-refractivity contribution in [3.05, 3.63) is 58.7 Å². The number of nitrogens with zero attached hydrogens (tertiary/aromatic N) is 1. The Hall–Kier alpha value is -2.50. The third kappa shape index (κ3) is 5.27. The van der Waals surface area contributed by atoms with Crippen LogP contribution in [0.25, 0.3) is 0 Å². The number of benzene rings is 2. The summed E-state index contributed by atoms with van der Waals surface area (Å²) in [6.45, 7) is 12.1. The zero-order valence-corrected chi connectivity index (χ0v) is 17.1. The Morgan fingerprint density at radius 3 is 1.71 bits per heavy atom. The van der Waals surface area contributed by atoms with Crippen LogP contribution >= 0.6 is 0 Å². The van der Waals surface area contributed by atoms with Crippen LogP contribution in [-0.2, 0) is 17.0 Å². The number of halogens is 3. The number of phenols is 1. The maximum Gasteiger partial charge on any atom is 0.416 e. The number of hydrogen-bond donors (Lipinski definition) is 2. The number of anilines is 1. The van der Waals surface area contributed by atoms with Gasteiger partial charge in [0.1, 0.15) is 5.75 Å². The predicted octanol–water partition coefficient (Wildman–Crippen LogP) is 6.45. The lowest BCUT2D eigenvalue weighted by molar-refractivity contribution is -0.137. The Bertz CT molecular complexity index is 820. The first kappa shape index (κ1) is 21.8. The molecule has 0 unspecified atom stereocenters. The number of rotatable bonds is 3. The van der Waals surface area contributed by atoms with Gasteiger partial charge in [0.25, 0.3) is 0 Å². The molecule has 0 aromatic heterocycles. The van der Waals surface area contributed by atoms with Crippen molar-refractivity contribution in [1.82, 2.24) is 0 Å². The summed E-state index contributed by atoms with van der Waals surface area (Å²) in [5.41, 5.74) is 4.41. The van der Waals surface area contributed by atoms with Crippen molar-refractivity contribution in [3.8, 4) is 5.75 Å². The highest BCUT2D eigenvalue weighted by Crippen LogP contribution is 2.39. The highest BCUT2D eigenvalue weighted by Gasteiger charge is 2.30. The first-order valence-electron chi connectivity index (χ1n) is 9.04. The van der Waals surface area contributed by atoms with E-state index in [-0.39, 0.29) is 16.6 Å². The van der Waals surface area contributed by atoms with Crippen LogP contribution in [0.15, 0.2) is 41.5 Å². The van der Waals surface area contributed by atoms with Gasteiger partial charge >= 0.3 is 6.18 Å². The van der Waals surface area contributed by atoms with Crippen LogP contribution in [0.1, 0.15) is 63.8 Å². The van der Waals surface area contributed by atoms with Crippen molar-refractivity contribution >= 4 is 11.9 Å². The zero-order valence-electron chi connectivity index (χ0n) is 17.1. The van der Waals surface area contributed by atoms with E-state index in [9.17, 15) is 18.3 Å². The normalized spacial score (nSPS) is 13.2. The van der Waals surface area contributed by atoms with Gasteiger partial charge in [0.2, 0.25) is 0 Å². The van der Waals surface area contributed by atoms with E-state index in [1.165, 1.54) is 12.1 Å². The van der Waals surface area contributed by atoms with Crippen LogP contribution in [0, 0.1) is 0 Å². The van der Waals surface area contributed by atoms with E-state index in [4.69, 9.17) is 0 Å². The van der Waals surface area contributed by atoms with Gasteiger partial charge < -0.3 is 5.11 Å². The van der Waals surface area contributed by atoms with Gasteiger partial charge in [-0.05, 0) is 52.8 Å². The van der Waals surface area contributed by atoms with Crippen molar-refractivity contribution in [2.75, 3.05) is 5.43 Å². The minimum atomic E-state index is -4.36. The molecule has 0 bridgehead atoms. The smallest absolute Gasteiger partial charge is 0.416 e. The highest BCUT2D eigenvalue weighted by atomic mass is 19.4. The highest BCUT2D eigenvalue weighted by molar-refractivity contribution is 5.82. The molecule has 3 nitrogen and oxygen atoms in total. The fourth-order valence-electron chi connectivity index (χ4n) is 2.79. The number of phenolic OH excluding ortho intramolecular Hbond substituents is 1. The molecule has 0 aliphatic heterocycles. The summed E-state index contributed by atoms with van der Waals surface area (Å²) in [7, 11) is 0. The maximum atomic E-state index is 12.6. The van der Waals surface area contributed by atoms with E-state index in [2.05, 4.69) is 10.5 Å². The molecular formula is C22H27F3N2O. The summed E-state index contributed by atoms with van der Waals surface area (Å²) in [6.07, 6.45) is -2.76. The van der Waals surface area contributed by atoms with Crippen molar-refractivity contribution in [2.24, 2.45) is 5.10 Å². The van der Waals surface area contributed by atoms with E-state index < -0.39 is 11.7 Å². The van der Waals surface area contributed by atoms with E-state index in [0.29, 0.717) is 5.69 Å². The van der Waals surface area contributed by atoms with Gasteiger partial charge in [-0.15, -0.1) is 0 Å². The van der Waals surface area contributed by atoms with Crippen LogP contribution in [0.3, 0.4) is 0 Å². The van der Waals surface area contributed by atoms with E-state index in [1.54, 1.807) is 6.21 Å². The van der Waals surface area contributed by atoms with Gasteiger partial charge in [-0.3, -0.25) is 5.43 Å². The van der Waals surface area contributed by atoms with Crippen LogP contribution < -0.4 is 5.43 Å². The molecule has 6 heteroatoms. The second-order valence-corrected chi connectivity index (χ2v) is 8.91. The summed E-state index contributed by atoms with van der Waals surface area (Å²) >= 11 is 0. The Labute approximate surface area is 164 Å². The summed E-state index contributed by atoms with van der Waals surface area (Å²) in [5.74, 6) is 0.285. The average molecular weight is 392 g/mol. The van der Waals surface area contributed by atoms with E-state index in [1.807, 2.05) is 53.7 Å². The molecule has 2 N–H and O–H groups in total. The SMILES string of the molecule is CC(C)(C)c1cc(C=NNc2ccc(C(F)(F)F)cc2)cc(C(C)(C)C)c1O. The summed E-state index contributed by atoms with van der Waals surface area (Å²) in [5, 5.41) is 14.9. The maximum absolute atomic E-state index is 12.6. The minimum absolute atomic E-state index is 0.255. The average Bonchev–Trinajstić information content (AvgIpc) is 2.53. The molecule has 0 saturated heterocycles. The third-order valence-corrected chi connectivity index (χ3v) is 4.37. The molecule has 0 radical (unpaired) electrons. The van der Waals surface area contributed by atoms with Gasteiger partial charge in [-0.25, -0.2) is 0 Å². The fourth-order valence-corrected chi connectivity index (χ4v) is 2.79. The quantitative estimate of drug-likeness (QED) is 0.465. The molecule has 152 valence electrons.